The first-order valence-electron chi connectivity index (χ1n) is 5.99. The molecule has 1 heterocycles. The van der Waals surface area contributed by atoms with Crippen molar-refractivity contribution in [1.82, 2.24) is 9.97 Å². The van der Waals surface area contributed by atoms with Crippen LogP contribution in [0.2, 0.25) is 5.02 Å². The summed E-state index contributed by atoms with van der Waals surface area (Å²) in [7, 11) is 0. The van der Waals surface area contributed by atoms with Gasteiger partial charge in [0, 0.05) is 11.4 Å². The van der Waals surface area contributed by atoms with Crippen LogP contribution < -0.4 is 5.32 Å². The smallest absolute Gasteiger partial charge is 0.223 e. The van der Waals surface area contributed by atoms with Crippen molar-refractivity contribution >= 4 is 29.3 Å². The Bertz CT molecular complexity index is 610. The van der Waals surface area contributed by atoms with Crippen molar-refractivity contribution in [3.8, 4) is 0 Å². The SMILES string of the molecule is CCCNc1ncc(Cl)c(Sc2ccc(F)c(F)c2)n1. The van der Waals surface area contributed by atoms with Gasteiger partial charge >= 0.3 is 0 Å². The van der Waals surface area contributed by atoms with E-state index in [1.165, 1.54) is 12.3 Å². The van der Waals surface area contributed by atoms with E-state index in [0.29, 0.717) is 20.9 Å². The molecule has 0 unspecified atom stereocenters. The summed E-state index contributed by atoms with van der Waals surface area (Å²) in [6, 6.07) is 3.65. The number of halogens is 3. The monoisotopic (exact) mass is 315 g/mol. The van der Waals surface area contributed by atoms with Crippen LogP contribution in [0.3, 0.4) is 0 Å². The van der Waals surface area contributed by atoms with Crippen LogP contribution in [0.4, 0.5) is 14.7 Å². The number of hydrogen-bond acceptors (Lipinski definition) is 4. The van der Waals surface area contributed by atoms with E-state index in [0.717, 1.165) is 36.9 Å². The molecule has 106 valence electrons. The minimum Gasteiger partial charge on any atom is -0.354 e. The van der Waals surface area contributed by atoms with Gasteiger partial charge in [0.15, 0.2) is 11.6 Å². The maximum absolute atomic E-state index is 13.2. The van der Waals surface area contributed by atoms with E-state index >= 15 is 0 Å². The Labute approximate surface area is 124 Å². The molecule has 0 aliphatic rings. The second-order valence-electron chi connectivity index (χ2n) is 3.95. The molecule has 2 rings (SSSR count). The zero-order valence-electron chi connectivity index (χ0n) is 10.7. The van der Waals surface area contributed by atoms with Crippen LogP contribution in [-0.2, 0) is 0 Å². The van der Waals surface area contributed by atoms with Gasteiger partial charge in [-0.2, -0.15) is 0 Å². The fourth-order valence-corrected chi connectivity index (χ4v) is 2.41. The molecule has 0 amide bonds. The van der Waals surface area contributed by atoms with E-state index in [1.54, 1.807) is 0 Å². The Balaban J connectivity index is 2.20. The molecule has 0 saturated carbocycles. The van der Waals surface area contributed by atoms with Crippen LogP contribution in [0, 0.1) is 11.6 Å². The van der Waals surface area contributed by atoms with Gasteiger partial charge in [0.25, 0.3) is 0 Å². The van der Waals surface area contributed by atoms with E-state index in [4.69, 9.17) is 11.6 Å². The number of benzene rings is 1. The highest BCUT2D eigenvalue weighted by Gasteiger charge is 2.09. The molecule has 0 fully saturated rings. The van der Waals surface area contributed by atoms with Crippen molar-refractivity contribution in [1.29, 1.82) is 0 Å². The maximum Gasteiger partial charge on any atom is 0.223 e. The Hall–Kier alpha value is -1.40. The summed E-state index contributed by atoms with van der Waals surface area (Å²) in [5.74, 6) is -1.32. The molecule has 2 aromatic rings. The van der Waals surface area contributed by atoms with Gasteiger partial charge in [0.05, 0.1) is 11.2 Å². The normalized spacial score (nSPS) is 10.6. The number of anilines is 1. The van der Waals surface area contributed by atoms with Gasteiger partial charge in [0.2, 0.25) is 5.95 Å². The zero-order chi connectivity index (χ0) is 14.5. The first-order chi connectivity index (χ1) is 9.60. The van der Waals surface area contributed by atoms with E-state index in [2.05, 4.69) is 15.3 Å². The summed E-state index contributed by atoms with van der Waals surface area (Å²) in [5, 5.41) is 3.89. The molecule has 1 aromatic heterocycles. The van der Waals surface area contributed by atoms with Crippen molar-refractivity contribution in [3.05, 3.63) is 41.1 Å². The van der Waals surface area contributed by atoms with Crippen molar-refractivity contribution in [2.24, 2.45) is 0 Å². The lowest BCUT2D eigenvalue weighted by molar-refractivity contribution is 0.506. The number of rotatable bonds is 5. The average Bonchev–Trinajstić information content (AvgIpc) is 2.44. The van der Waals surface area contributed by atoms with Crippen LogP contribution in [-0.4, -0.2) is 16.5 Å². The molecule has 0 aliphatic heterocycles. The van der Waals surface area contributed by atoms with Crippen LogP contribution in [0.15, 0.2) is 34.3 Å². The maximum atomic E-state index is 13.2. The second-order valence-corrected chi connectivity index (χ2v) is 5.42. The Morgan fingerprint density at radius 2 is 2.10 bits per heavy atom. The van der Waals surface area contributed by atoms with Crippen LogP contribution in [0.5, 0.6) is 0 Å². The Morgan fingerprint density at radius 3 is 2.80 bits per heavy atom. The lowest BCUT2D eigenvalue weighted by atomic mass is 10.3. The molecule has 1 N–H and O–H groups in total. The van der Waals surface area contributed by atoms with E-state index < -0.39 is 11.6 Å². The third-order valence-corrected chi connectivity index (χ3v) is 3.73. The highest BCUT2D eigenvalue weighted by atomic mass is 35.5. The number of nitrogens with one attached hydrogen (secondary N) is 1. The highest BCUT2D eigenvalue weighted by molar-refractivity contribution is 7.99. The highest BCUT2D eigenvalue weighted by Crippen LogP contribution is 2.32. The third-order valence-electron chi connectivity index (χ3n) is 2.35. The van der Waals surface area contributed by atoms with Crippen molar-refractivity contribution in [3.63, 3.8) is 0 Å². The van der Waals surface area contributed by atoms with Crippen LogP contribution >= 0.6 is 23.4 Å². The predicted octanol–water partition coefficient (Wildman–Crippen LogP) is 4.38. The number of nitrogens with zero attached hydrogens (tertiary/aromatic N) is 2. The Kier molecular flexibility index (Phi) is 5.14. The van der Waals surface area contributed by atoms with Gasteiger partial charge in [-0.3, -0.25) is 0 Å². The number of hydrogen-bond donors (Lipinski definition) is 1. The molecule has 1 aromatic carbocycles. The molecule has 7 heteroatoms. The average molecular weight is 316 g/mol. The molecular weight excluding hydrogens is 304 g/mol. The molecule has 3 nitrogen and oxygen atoms in total. The predicted molar refractivity (Wildman–Crippen MR) is 76.3 cm³/mol. The molecule has 0 bridgehead atoms. The fourth-order valence-electron chi connectivity index (χ4n) is 1.40. The summed E-state index contributed by atoms with van der Waals surface area (Å²) in [5.41, 5.74) is 0. The summed E-state index contributed by atoms with van der Waals surface area (Å²) in [6.45, 7) is 2.77. The quantitative estimate of drug-likeness (QED) is 0.831. The minimum absolute atomic E-state index is 0.363. The van der Waals surface area contributed by atoms with Gasteiger partial charge < -0.3 is 5.32 Å². The van der Waals surface area contributed by atoms with Crippen molar-refractivity contribution in [2.45, 2.75) is 23.3 Å². The molecule has 0 aliphatic carbocycles. The lowest BCUT2D eigenvalue weighted by Gasteiger charge is -2.07. The molecule has 20 heavy (non-hydrogen) atoms. The molecule has 0 saturated heterocycles. The molecule has 0 atom stereocenters. The topological polar surface area (TPSA) is 37.8 Å². The molecule has 0 radical (unpaired) electrons. The van der Waals surface area contributed by atoms with Gasteiger partial charge in [0.1, 0.15) is 5.03 Å². The fraction of sp³-hybridized carbons (Fsp3) is 0.231. The van der Waals surface area contributed by atoms with E-state index in [-0.39, 0.29) is 0 Å². The Morgan fingerprint density at radius 1 is 1.30 bits per heavy atom. The van der Waals surface area contributed by atoms with Crippen LogP contribution in [0.25, 0.3) is 0 Å². The van der Waals surface area contributed by atoms with Gasteiger partial charge in [-0.1, -0.05) is 30.3 Å². The summed E-state index contributed by atoms with van der Waals surface area (Å²) in [4.78, 5) is 8.82. The van der Waals surface area contributed by atoms with Gasteiger partial charge in [-0.15, -0.1) is 0 Å². The zero-order valence-corrected chi connectivity index (χ0v) is 12.2. The molecular formula is C13H12ClF2N3S. The lowest BCUT2D eigenvalue weighted by Crippen LogP contribution is -2.04. The van der Waals surface area contributed by atoms with Crippen LogP contribution in [0.1, 0.15) is 13.3 Å². The first-order valence-corrected chi connectivity index (χ1v) is 7.19. The minimum atomic E-state index is -0.899. The standard InChI is InChI=1S/C13H12ClF2N3S/c1-2-5-17-13-18-7-9(14)12(19-13)20-8-3-4-10(15)11(16)6-8/h3-4,6-7H,2,5H2,1H3,(H,17,18,19). The summed E-state index contributed by atoms with van der Waals surface area (Å²) < 4.78 is 26.0. The van der Waals surface area contributed by atoms with Crippen molar-refractivity contribution in [2.75, 3.05) is 11.9 Å². The third kappa shape index (κ3) is 3.80. The van der Waals surface area contributed by atoms with Gasteiger partial charge in [-0.25, -0.2) is 18.7 Å². The summed E-state index contributed by atoms with van der Waals surface area (Å²) >= 11 is 7.16. The van der Waals surface area contributed by atoms with Crippen molar-refractivity contribution < 1.29 is 8.78 Å². The van der Waals surface area contributed by atoms with E-state index in [1.807, 2.05) is 6.92 Å². The van der Waals surface area contributed by atoms with E-state index in [9.17, 15) is 8.78 Å². The summed E-state index contributed by atoms with van der Waals surface area (Å²) in [6.07, 6.45) is 2.42. The second kappa shape index (κ2) is 6.85. The van der Waals surface area contributed by atoms with Gasteiger partial charge in [-0.05, 0) is 24.6 Å². The largest absolute Gasteiger partial charge is 0.354 e. The molecule has 0 spiro atoms. The number of aromatic nitrogens is 2. The first kappa shape index (κ1) is 15.0.